The van der Waals surface area contributed by atoms with Crippen LogP contribution in [0.1, 0.15) is 45.7 Å². The molecule has 0 aromatic heterocycles. The van der Waals surface area contributed by atoms with Gasteiger partial charge in [-0.25, -0.2) is 0 Å². The predicted octanol–water partition coefficient (Wildman–Crippen LogP) is 4.54. The second kappa shape index (κ2) is 11.7. The Kier molecular flexibility index (Phi) is 12.7. The normalized spacial score (nSPS) is 10.9. The van der Waals surface area contributed by atoms with Crippen molar-refractivity contribution < 1.29 is 0 Å². The Morgan fingerprint density at radius 1 is 0.941 bits per heavy atom. The maximum Gasteiger partial charge on any atom is 0.0101 e. The van der Waals surface area contributed by atoms with Crippen LogP contribution in [0.25, 0.3) is 0 Å². The number of likely N-dealkylation sites (N-methyl/N-ethyl adjacent to an activating group) is 1. The van der Waals surface area contributed by atoms with Crippen molar-refractivity contribution in [3.05, 3.63) is 35.4 Å². The van der Waals surface area contributed by atoms with E-state index in [1.807, 2.05) is 27.7 Å². The summed E-state index contributed by atoms with van der Waals surface area (Å²) in [6, 6.07) is 9.41. The second-order valence-corrected chi connectivity index (χ2v) is 4.00. The first-order chi connectivity index (χ1) is 8.09. The molecule has 0 bridgehead atoms. The molecule has 100 valence electrons. The molecule has 0 aliphatic carbocycles. The average Bonchev–Trinajstić information content (AvgIpc) is 2.37. The fourth-order valence-electron chi connectivity index (χ4n) is 1.25. The molecule has 1 nitrogen and oxygen atoms in total. The summed E-state index contributed by atoms with van der Waals surface area (Å²) >= 11 is 0. The Balaban J connectivity index is 0. The topological polar surface area (TPSA) is 3.24 Å². The van der Waals surface area contributed by atoms with Crippen molar-refractivity contribution in [1.29, 1.82) is 0 Å². The molecule has 0 fully saturated rings. The van der Waals surface area contributed by atoms with Crippen LogP contribution < -0.4 is 0 Å². The summed E-state index contributed by atoms with van der Waals surface area (Å²) in [5, 5.41) is 0. The van der Waals surface area contributed by atoms with Gasteiger partial charge in [0, 0.05) is 6.04 Å². The number of aryl methyl sites for hydroxylation is 1. The zero-order valence-corrected chi connectivity index (χ0v) is 13.0. The van der Waals surface area contributed by atoms with Gasteiger partial charge in [-0.3, -0.25) is 0 Å². The Labute approximate surface area is 109 Å². The van der Waals surface area contributed by atoms with E-state index >= 15 is 0 Å². The van der Waals surface area contributed by atoms with Crippen molar-refractivity contribution in [1.82, 2.24) is 4.90 Å². The van der Waals surface area contributed by atoms with E-state index in [0.717, 1.165) is 6.42 Å². The zero-order chi connectivity index (χ0) is 13.8. The lowest BCUT2D eigenvalue weighted by molar-refractivity contribution is 0.312. The molecule has 1 aromatic rings. The van der Waals surface area contributed by atoms with Crippen LogP contribution in [-0.4, -0.2) is 25.0 Å². The third kappa shape index (κ3) is 8.93. The van der Waals surface area contributed by atoms with E-state index in [1.165, 1.54) is 11.1 Å². The van der Waals surface area contributed by atoms with Crippen LogP contribution in [0.5, 0.6) is 0 Å². The van der Waals surface area contributed by atoms with E-state index < -0.39 is 0 Å². The van der Waals surface area contributed by atoms with Crippen molar-refractivity contribution in [2.45, 2.75) is 54.0 Å². The highest BCUT2D eigenvalue weighted by Crippen LogP contribution is 2.07. The maximum absolute atomic E-state index is 2.25. The van der Waals surface area contributed by atoms with Crippen LogP contribution in [0.2, 0.25) is 0 Å². The van der Waals surface area contributed by atoms with E-state index in [2.05, 4.69) is 57.1 Å². The molecule has 0 heterocycles. The molecule has 0 N–H and O–H groups in total. The van der Waals surface area contributed by atoms with Gasteiger partial charge in [-0.05, 0) is 39.9 Å². The SMILES string of the molecule is CC.CC.Cc1ccc(CC(C)N(C)C)cc1. The highest BCUT2D eigenvalue weighted by atomic mass is 15.1. The lowest BCUT2D eigenvalue weighted by Gasteiger charge is -2.19. The first-order valence-corrected chi connectivity index (χ1v) is 6.81. The van der Waals surface area contributed by atoms with Crippen LogP contribution in [0.3, 0.4) is 0 Å². The van der Waals surface area contributed by atoms with Crippen molar-refractivity contribution in [2.75, 3.05) is 14.1 Å². The Morgan fingerprint density at radius 2 is 1.35 bits per heavy atom. The van der Waals surface area contributed by atoms with Crippen molar-refractivity contribution >= 4 is 0 Å². The van der Waals surface area contributed by atoms with Gasteiger partial charge in [-0.15, -0.1) is 0 Å². The number of nitrogens with zero attached hydrogens (tertiary/aromatic N) is 1. The average molecular weight is 237 g/mol. The van der Waals surface area contributed by atoms with Crippen molar-refractivity contribution in [2.24, 2.45) is 0 Å². The van der Waals surface area contributed by atoms with Gasteiger partial charge in [0.15, 0.2) is 0 Å². The van der Waals surface area contributed by atoms with Gasteiger partial charge >= 0.3 is 0 Å². The minimum absolute atomic E-state index is 0.614. The highest BCUT2D eigenvalue weighted by Gasteiger charge is 2.04. The van der Waals surface area contributed by atoms with Gasteiger partial charge < -0.3 is 4.90 Å². The first kappa shape index (κ1) is 18.5. The standard InChI is InChI=1S/C12H19N.2C2H6/c1-10-5-7-12(8-6-10)9-11(2)13(3)4;2*1-2/h5-8,11H,9H2,1-4H3;2*1-2H3. The van der Waals surface area contributed by atoms with Gasteiger partial charge in [-0.1, -0.05) is 57.5 Å². The first-order valence-electron chi connectivity index (χ1n) is 6.81. The Morgan fingerprint density at radius 3 is 1.71 bits per heavy atom. The van der Waals surface area contributed by atoms with Crippen LogP contribution >= 0.6 is 0 Å². The molecule has 0 saturated carbocycles. The molecule has 0 aliphatic heterocycles. The van der Waals surface area contributed by atoms with Gasteiger partial charge in [-0.2, -0.15) is 0 Å². The Hall–Kier alpha value is -0.820. The summed E-state index contributed by atoms with van der Waals surface area (Å²) in [5.74, 6) is 0. The highest BCUT2D eigenvalue weighted by molar-refractivity contribution is 5.21. The molecule has 0 aliphatic rings. The molecule has 1 atom stereocenters. The molecule has 0 radical (unpaired) electrons. The molecule has 1 unspecified atom stereocenters. The van der Waals surface area contributed by atoms with E-state index in [4.69, 9.17) is 0 Å². The molecule has 1 rings (SSSR count). The smallest absolute Gasteiger partial charge is 0.0101 e. The van der Waals surface area contributed by atoms with Crippen LogP contribution in [0.15, 0.2) is 24.3 Å². The van der Waals surface area contributed by atoms with Gasteiger partial charge in [0.25, 0.3) is 0 Å². The minimum atomic E-state index is 0.614. The van der Waals surface area contributed by atoms with Crippen LogP contribution in [0, 0.1) is 6.92 Å². The minimum Gasteiger partial charge on any atom is -0.306 e. The second-order valence-electron chi connectivity index (χ2n) is 4.00. The monoisotopic (exact) mass is 237 g/mol. The molecule has 1 aromatic carbocycles. The molecular formula is C16H31N. The zero-order valence-electron chi connectivity index (χ0n) is 13.0. The third-order valence-electron chi connectivity index (χ3n) is 2.53. The quantitative estimate of drug-likeness (QED) is 0.746. The number of benzene rings is 1. The van der Waals surface area contributed by atoms with E-state index in [0.29, 0.717) is 6.04 Å². The summed E-state index contributed by atoms with van der Waals surface area (Å²) in [6.45, 7) is 12.4. The van der Waals surface area contributed by atoms with Gasteiger partial charge in [0.1, 0.15) is 0 Å². The third-order valence-corrected chi connectivity index (χ3v) is 2.53. The number of rotatable bonds is 3. The number of hydrogen-bond donors (Lipinski definition) is 0. The van der Waals surface area contributed by atoms with Gasteiger partial charge in [0.05, 0.1) is 0 Å². The lowest BCUT2D eigenvalue weighted by atomic mass is 10.1. The summed E-state index contributed by atoms with van der Waals surface area (Å²) < 4.78 is 0. The molecule has 0 saturated heterocycles. The molecule has 0 amide bonds. The largest absolute Gasteiger partial charge is 0.306 e. The van der Waals surface area contributed by atoms with Crippen LogP contribution in [0.4, 0.5) is 0 Å². The van der Waals surface area contributed by atoms with Gasteiger partial charge in [0.2, 0.25) is 0 Å². The summed E-state index contributed by atoms with van der Waals surface area (Å²) in [4.78, 5) is 2.25. The van der Waals surface area contributed by atoms with E-state index in [-0.39, 0.29) is 0 Å². The molecule has 1 heteroatoms. The summed E-state index contributed by atoms with van der Waals surface area (Å²) in [6.07, 6.45) is 1.13. The fraction of sp³-hybridized carbons (Fsp3) is 0.625. The summed E-state index contributed by atoms with van der Waals surface area (Å²) in [5.41, 5.74) is 2.76. The van der Waals surface area contributed by atoms with E-state index in [1.54, 1.807) is 0 Å². The molecule has 17 heavy (non-hydrogen) atoms. The number of hydrogen-bond acceptors (Lipinski definition) is 1. The molecular weight excluding hydrogens is 206 g/mol. The Bertz CT molecular complexity index is 249. The lowest BCUT2D eigenvalue weighted by Crippen LogP contribution is -2.26. The van der Waals surface area contributed by atoms with Crippen molar-refractivity contribution in [3.63, 3.8) is 0 Å². The predicted molar refractivity (Wildman–Crippen MR) is 80.7 cm³/mol. The molecule has 0 spiro atoms. The summed E-state index contributed by atoms with van der Waals surface area (Å²) in [7, 11) is 4.25. The van der Waals surface area contributed by atoms with Crippen LogP contribution in [-0.2, 0) is 6.42 Å². The fourth-order valence-corrected chi connectivity index (χ4v) is 1.25. The maximum atomic E-state index is 2.25. The van der Waals surface area contributed by atoms with E-state index in [9.17, 15) is 0 Å². The van der Waals surface area contributed by atoms with Crippen molar-refractivity contribution in [3.8, 4) is 0 Å².